The molecule has 0 spiro atoms. The lowest BCUT2D eigenvalue weighted by Crippen LogP contribution is -2.26. The highest BCUT2D eigenvalue weighted by Gasteiger charge is 2.17. The minimum absolute atomic E-state index is 0.304. The second kappa shape index (κ2) is 6.08. The molecule has 18 heavy (non-hydrogen) atoms. The van der Waals surface area contributed by atoms with Crippen LogP contribution in [0.2, 0.25) is 0 Å². The first-order chi connectivity index (χ1) is 8.70. The Hall–Kier alpha value is -1.24. The second-order valence-electron chi connectivity index (χ2n) is 4.40. The van der Waals surface area contributed by atoms with E-state index in [1.54, 1.807) is 11.8 Å². The van der Waals surface area contributed by atoms with Gasteiger partial charge in [0.1, 0.15) is 0 Å². The summed E-state index contributed by atoms with van der Waals surface area (Å²) in [6.45, 7) is 2.93. The molecule has 100 valence electrons. The fourth-order valence-electron chi connectivity index (χ4n) is 1.93. The first-order valence-corrected chi connectivity index (χ1v) is 7.56. The van der Waals surface area contributed by atoms with Crippen LogP contribution in [0, 0.1) is 0 Å². The molecule has 2 rings (SSSR count). The zero-order valence-electron chi connectivity index (χ0n) is 11.0. The van der Waals surface area contributed by atoms with Crippen molar-refractivity contribution in [3.05, 3.63) is 0 Å². The van der Waals surface area contributed by atoms with E-state index >= 15 is 0 Å². The summed E-state index contributed by atoms with van der Waals surface area (Å²) in [5.41, 5.74) is 5.77. The molecule has 1 saturated heterocycles. The van der Waals surface area contributed by atoms with Gasteiger partial charge in [-0.05, 0) is 19.1 Å². The van der Waals surface area contributed by atoms with Crippen LogP contribution in [0.5, 0.6) is 0 Å². The van der Waals surface area contributed by atoms with Crippen LogP contribution < -0.4 is 15.5 Å². The summed E-state index contributed by atoms with van der Waals surface area (Å²) in [6, 6.07) is 0. The van der Waals surface area contributed by atoms with Gasteiger partial charge in [0.25, 0.3) is 0 Å². The summed E-state index contributed by atoms with van der Waals surface area (Å²) in [4.78, 5) is 17.1. The van der Waals surface area contributed by atoms with Crippen LogP contribution >= 0.6 is 11.8 Å². The lowest BCUT2D eigenvalue weighted by atomic mass is 10.4. The zero-order valence-corrected chi connectivity index (χ0v) is 11.8. The van der Waals surface area contributed by atoms with Gasteiger partial charge in [-0.3, -0.25) is 0 Å². The fourth-order valence-corrected chi connectivity index (χ4v) is 2.38. The van der Waals surface area contributed by atoms with Gasteiger partial charge in [0, 0.05) is 32.4 Å². The summed E-state index contributed by atoms with van der Waals surface area (Å²) in [6.07, 6.45) is 4.48. The average molecular weight is 268 g/mol. The van der Waals surface area contributed by atoms with E-state index in [0.29, 0.717) is 17.8 Å². The lowest BCUT2D eigenvalue weighted by Gasteiger charge is -2.20. The highest BCUT2D eigenvalue weighted by atomic mass is 32.2. The molecule has 0 atom stereocenters. The van der Waals surface area contributed by atoms with Crippen molar-refractivity contribution >= 4 is 29.6 Å². The first-order valence-electron chi connectivity index (χ1n) is 6.17. The third-order valence-corrected chi connectivity index (χ3v) is 3.58. The van der Waals surface area contributed by atoms with Crippen molar-refractivity contribution in [2.24, 2.45) is 0 Å². The molecule has 7 heteroatoms. The normalized spacial score (nSPS) is 15.1. The molecule has 0 aromatic carbocycles. The van der Waals surface area contributed by atoms with E-state index in [-0.39, 0.29) is 0 Å². The number of hydrogen-bond donors (Lipinski definition) is 1. The van der Waals surface area contributed by atoms with E-state index in [4.69, 9.17) is 5.73 Å². The Morgan fingerprint density at radius 1 is 1.28 bits per heavy atom. The van der Waals surface area contributed by atoms with Crippen molar-refractivity contribution in [1.82, 2.24) is 15.0 Å². The Morgan fingerprint density at radius 2 is 2.00 bits per heavy atom. The maximum absolute atomic E-state index is 5.77. The van der Waals surface area contributed by atoms with E-state index in [0.717, 1.165) is 25.4 Å². The van der Waals surface area contributed by atoms with Crippen molar-refractivity contribution in [3.63, 3.8) is 0 Å². The van der Waals surface area contributed by atoms with Gasteiger partial charge in [-0.2, -0.15) is 26.7 Å². The molecule has 0 amide bonds. The molecule has 0 saturated carbocycles. The molecule has 1 aromatic rings. The summed E-state index contributed by atoms with van der Waals surface area (Å²) in [5.74, 6) is 2.73. The molecule has 0 unspecified atom stereocenters. The van der Waals surface area contributed by atoms with Crippen molar-refractivity contribution in [2.45, 2.75) is 12.8 Å². The molecule has 1 fully saturated rings. The van der Waals surface area contributed by atoms with Crippen LogP contribution in [0.3, 0.4) is 0 Å². The Kier molecular flexibility index (Phi) is 4.46. The van der Waals surface area contributed by atoms with E-state index in [9.17, 15) is 0 Å². The molecular weight excluding hydrogens is 248 g/mol. The molecular formula is C11H20N6S. The Bertz CT molecular complexity index is 393. The fraction of sp³-hybridized carbons (Fsp3) is 0.727. The Labute approximate surface area is 112 Å². The second-order valence-corrected chi connectivity index (χ2v) is 5.39. The largest absolute Gasteiger partial charge is 0.368 e. The Morgan fingerprint density at radius 3 is 2.67 bits per heavy atom. The average Bonchev–Trinajstić information content (AvgIpc) is 2.89. The molecule has 0 radical (unpaired) electrons. The van der Waals surface area contributed by atoms with Crippen LogP contribution in [0.1, 0.15) is 12.8 Å². The monoisotopic (exact) mass is 268 g/mol. The van der Waals surface area contributed by atoms with E-state index in [1.807, 2.05) is 11.9 Å². The summed E-state index contributed by atoms with van der Waals surface area (Å²) in [5, 5.41) is 0. The molecule has 0 bridgehead atoms. The van der Waals surface area contributed by atoms with Gasteiger partial charge in [-0.1, -0.05) is 0 Å². The molecule has 2 heterocycles. The molecule has 1 aliphatic rings. The number of aromatic nitrogens is 3. The summed E-state index contributed by atoms with van der Waals surface area (Å²) < 4.78 is 0. The molecule has 1 aromatic heterocycles. The van der Waals surface area contributed by atoms with Gasteiger partial charge in [0.2, 0.25) is 17.8 Å². The van der Waals surface area contributed by atoms with Crippen molar-refractivity contribution in [2.75, 3.05) is 54.2 Å². The summed E-state index contributed by atoms with van der Waals surface area (Å²) in [7, 11) is 1.98. The van der Waals surface area contributed by atoms with Gasteiger partial charge in [0.05, 0.1) is 0 Å². The Balaban J connectivity index is 2.14. The number of thioether (sulfide) groups is 1. The predicted molar refractivity (Wildman–Crippen MR) is 77.3 cm³/mol. The van der Waals surface area contributed by atoms with E-state index in [1.165, 1.54) is 12.8 Å². The third kappa shape index (κ3) is 3.16. The smallest absolute Gasteiger partial charge is 0.231 e. The predicted octanol–water partition coefficient (Wildman–Crippen LogP) is 0.853. The molecule has 2 N–H and O–H groups in total. The minimum atomic E-state index is 0.304. The molecule has 1 aliphatic heterocycles. The van der Waals surface area contributed by atoms with Crippen LogP contribution in [-0.4, -0.2) is 53.6 Å². The highest BCUT2D eigenvalue weighted by Crippen LogP contribution is 2.18. The van der Waals surface area contributed by atoms with Gasteiger partial charge >= 0.3 is 0 Å². The number of nitrogens with two attached hydrogens (primary N) is 1. The quantitative estimate of drug-likeness (QED) is 0.849. The number of rotatable bonds is 5. The topological polar surface area (TPSA) is 71.2 Å². The highest BCUT2D eigenvalue weighted by molar-refractivity contribution is 7.98. The minimum Gasteiger partial charge on any atom is -0.368 e. The maximum atomic E-state index is 5.77. The van der Waals surface area contributed by atoms with Crippen LogP contribution in [0.4, 0.5) is 17.8 Å². The van der Waals surface area contributed by atoms with Crippen LogP contribution in [0.15, 0.2) is 0 Å². The molecule has 0 aliphatic carbocycles. The van der Waals surface area contributed by atoms with Crippen LogP contribution in [0.25, 0.3) is 0 Å². The lowest BCUT2D eigenvalue weighted by molar-refractivity contribution is 0.847. The zero-order chi connectivity index (χ0) is 13.0. The first kappa shape index (κ1) is 13.2. The summed E-state index contributed by atoms with van der Waals surface area (Å²) >= 11 is 1.80. The van der Waals surface area contributed by atoms with Gasteiger partial charge in [-0.25, -0.2) is 0 Å². The van der Waals surface area contributed by atoms with Gasteiger partial charge < -0.3 is 15.5 Å². The van der Waals surface area contributed by atoms with Crippen LogP contribution in [-0.2, 0) is 0 Å². The van der Waals surface area contributed by atoms with E-state index in [2.05, 4.69) is 26.1 Å². The maximum Gasteiger partial charge on any atom is 0.231 e. The van der Waals surface area contributed by atoms with Crippen molar-refractivity contribution < 1.29 is 0 Å². The third-order valence-electron chi connectivity index (χ3n) is 2.99. The van der Waals surface area contributed by atoms with E-state index < -0.39 is 0 Å². The number of nitrogen functional groups attached to an aromatic ring is 1. The number of nitrogens with zero attached hydrogens (tertiary/aromatic N) is 5. The van der Waals surface area contributed by atoms with Crippen molar-refractivity contribution in [3.8, 4) is 0 Å². The standard InChI is InChI=1S/C11H20N6S/c1-16(7-8-18-2)10-13-9(12)14-11(15-10)17-5-3-4-6-17/h3-8H2,1-2H3,(H2,12,13,14,15). The number of anilines is 3. The molecule has 6 nitrogen and oxygen atoms in total. The van der Waals surface area contributed by atoms with Gasteiger partial charge in [-0.15, -0.1) is 0 Å². The van der Waals surface area contributed by atoms with Gasteiger partial charge in [0.15, 0.2) is 0 Å². The SMILES string of the molecule is CSCCN(C)c1nc(N)nc(N2CCCC2)n1. The number of hydrogen-bond acceptors (Lipinski definition) is 7. The van der Waals surface area contributed by atoms with Crippen molar-refractivity contribution in [1.29, 1.82) is 0 Å².